The highest BCUT2D eigenvalue weighted by atomic mass is 28.4. The second kappa shape index (κ2) is 14.2. The summed E-state index contributed by atoms with van der Waals surface area (Å²) in [6.45, 7) is 28.3. The molecule has 0 aliphatic rings. The molecule has 0 radical (unpaired) electrons. The van der Waals surface area contributed by atoms with Crippen molar-refractivity contribution in [3.8, 4) is 11.5 Å². The Balaban J connectivity index is 2.82. The highest BCUT2D eigenvalue weighted by Crippen LogP contribution is 2.41. The van der Waals surface area contributed by atoms with Crippen LogP contribution in [0.25, 0.3) is 6.08 Å². The first-order chi connectivity index (χ1) is 16.5. The monoisotopic (exact) mass is 536 g/mol. The molecule has 1 rings (SSSR count). The lowest BCUT2D eigenvalue weighted by molar-refractivity contribution is -0.127. The molecule has 0 aliphatic heterocycles. The predicted molar refractivity (Wildman–Crippen MR) is 161 cm³/mol. The lowest BCUT2D eigenvalue weighted by Crippen LogP contribution is -2.44. The summed E-state index contributed by atoms with van der Waals surface area (Å²) in [5.41, 5.74) is 1.15. The SMILES string of the molecule is CCOC(C)OCCCCCC/C=C/c1cc(O[Si](C)(C)C(C)(C)C)cc(O[Si](C)(C)C(C)(C)C)c1. The maximum Gasteiger partial charge on any atom is 0.250 e. The molecule has 1 aromatic rings. The van der Waals surface area contributed by atoms with Gasteiger partial charge in [0.2, 0.25) is 16.6 Å². The number of allylic oxidation sites excluding steroid dienone is 1. The van der Waals surface area contributed by atoms with Gasteiger partial charge >= 0.3 is 0 Å². The van der Waals surface area contributed by atoms with Gasteiger partial charge in [0.15, 0.2) is 6.29 Å². The largest absolute Gasteiger partial charge is 0.543 e. The molecule has 0 N–H and O–H groups in total. The topological polar surface area (TPSA) is 36.9 Å². The Hall–Kier alpha value is -1.09. The fraction of sp³-hybridized carbons (Fsp3) is 0.733. The first kappa shape index (κ1) is 32.9. The number of ether oxygens (including phenoxy) is 2. The molecule has 4 nitrogen and oxygen atoms in total. The van der Waals surface area contributed by atoms with Crippen molar-refractivity contribution >= 4 is 22.7 Å². The molecule has 1 aromatic carbocycles. The van der Waals surface area contributed by atoms with Crippen LogP contribution in [0.1, 0.15) is 93.1 Å². The first-order valence-electron chi connectivity index (χ1n) is 13.9. The van der Waals surface area contributed by atoms with E-state index in [-0.39, 0.29) is 16.4 Å². The van der Waals surface area contributed by atoms with Gasteiger partial charge in [-0.15, -0.1) is 0 Å². The zero-order chi connectivity index (χ0) is 27.6. The quantitative estimate of drug-likeness (QED) is 0.127. The minimum absolute atomic E-state index is 0.0974. The van der Waals surface area contributed by atoms with Crippen LogP contribution in [0.2, 0.25) is 36.3 Å². The van der Waals surface area contributed by atoms with Crippen molar-refractivity contribution in [1.82, 2.24) is 0 Å². The van der Waals surface area contributed by atoms with Gasteiger partial charge in [-0.05, 0) is 87.1 Å². The van der Waals surface area contributed by atoms with E-state index in [1.165, 1.54) is 19.3 Å². The van der Waals surface area contributed by atoms with Crippen molar-refractivity contribution in [2.75, 3.05) is 13.2 Å². The van der Waals surface area contributed by atoms with E-state index < -0.39 is 16.6 Å². The molecule has 0 amide bonds. The van der Waals surface area contributed by atoms with Gasteiger partial charge in [-0.25, -0.2) is 0 Å². The fourth-order valence-electron chi connectivity index (χ4n) is 3.17. The number of hydrogen-bond donors (Lipinski definition) is 0. The van der Waals surface area contributed by atoms with Crippen LogP contribution in [-0.2, 0) is 9.47 Å². The van der Waals surface area contributed by atoms with Crippen LogP contribution in [0.4, 0.5) is 0 Å². The third-order valence-electron chi connectivity index (χ3n) is 7.59. The molecule has 0 spiro atoms. The Morgan fingerprint density at radius 1 is 0.750 bits per heavy atom. The number of rotatable bonds is 15. The normalized spacial score (nSPS) is 14.3. The summed E-state index contributed by atoms with van der Waals surface area (Å²) in [6, 6.07) is 6.45. The van der Waals surface area contributed by atoms with Gasteiger partial charge in [-0.3, -0.25) is 0 Å². The highest BCUT2D eigenvalue weighted by Gasteiger charge is 2.40. The number of unbranched alkanes of at least 4 members (excludes halogenated alkanes) is 4. The number of hydrogen-bond acceptors (Lipinski definition) is 4. The van der Waals surface area contributed by atoms with Gasteiger partial charge < -0.3 is 18.3 Å². The van der Waals surface area contributed by atoms with Crippen LogP contribution in [0.5, 0.6) is 11.5 Å². The van der Waals surface area contributed by atoms with E-state index in [0.29, 0.717) is 6.61 Å². The molecule has 0 fully saturated rings. The van der Waals surface area contributed by atoms with E-state index in [4.69, 9.17) is 18.3 Å². The van der Waals surface area contributed by atoms with Crippen LogP contribution < -0.4 is 8.85 Å². The Kier molecular flexibility index (Phi) is 13.0. The molecule has 0 bridgehead atoms. The molecular weight excluding hydrogens is 480 g/mol. The Bertz CT molecular complexity index is 758. The zero-order valence-corrected chi connectivity index (χ0v) is 27.5. The second-order valence-corrected chi connectivity index (χ2v) is 22.4. The van der Waals surface area contributed by atoms with Crippen molar-refractivity contribution in [2.45, 2.75) is 130 Å². The minimum Gasteiger partial charge on any atom is -0.543 e. The first-order valence-corrected chi connectivity index (χ1v) is 19.7. The van der Waals surface area contributed by atoms with Gasteiger partial charge in [-0.1, -0.05) is 66.5 Å². The molecule has 0 saturated carbocycles. The van der Waals surface area contributed by atoms with Gasteiger partial charge in [-0.2, -0.15) is 0 Å². The molecule has 6 heteroatoms. The van der Waals surface area contributed by atoms with E-state index in [2.05, 4.69) is 98.1 Å². The molecule has 1 atom stereocenters. The Morgan fingerprint density at radius 2 is 1.25 bits per heavy atom. The smallest absolute Gasteiger partial charge is 0.250 e. The van der Waals surface area contributed by atoms with E-state index in [0.717, 1.165) is 36.5 Å². The molecule has 0 aromatic heterocycles. The van der Waals surface area contributed by atoms with Crippen molar-refractivity contribution in [3.05, 3.63) is 29.8 Å². The van der Waals surface area contributed by atoms with Crippen LogP contribution >= 0.6 is 0 Å². The third kappa shape index (κ3) is 11.5. The van der Waals surface area contributed by atoms with E-state index >= 15 is 0 Å². The molecule has 0 aliphatic carbocycles. The molecule has 208 valence electrons. The minimum atomic E-state index is -1.95. The molecule has 1 unspecified atom stereocenters. The van der Waals surface area contributed by atoms with Crippen LogP contribution in [0.3, 0.4) is 0 Å². The van der Waals surface area contributed by atoms with Crippen LogP contribution in [-0.4, -0.2) is 36.1 Å². The van der Waals surface area contributed by atoms with E-state index in [1.54, 1.807) is 0 Å². The molecule has 0 saturated heterocycles. The maximum absolute atomic E-state index is 6.68. The summed E-state index contributed by atoms with van der Waals surface area (Å²) in [4.78, 5) is 0. The zero-order valence-electron chi connectivity index (χ0n) is 25.5. The van der Waals surface area contributed by atoms with Crippen molar-refractivity contribution in [3.63, 3.8) is 0 Å². The molecule has 36 heavy (non-hydrogen) atoms. The summed E-state index contributed by atoms with van der Waals surface area (Å²) >= 11 is 0. The van der Waals surface area contributed by atoms with Gasteiger partial charge in [0.25, 0.3) is 0 Å². The second-order valence-electron chi connectivity index (χ2n) is 13.0. The van der Waals surface area contributed by atoms with Crippen molar-refractivity contribution in [2.24, 2.45) is 0 Å². The Morgan fingerprint density at radius 3 is 1.72 bits per heavy atom. The number of benzene rings is 1. The summed E-state index contributed by atoms with van der Waals surface area (Å²) in [5.74, 6) is 1.86. The fourth-order valence-corrected chi connectivity index (χ4v) is 5.20. The van der Waals surface area contributed by atoms with Gasteiger partial charge in [0, 0.05) is 19.3 Å². The average Bonchev–Trinajstić information content (AvgIpc) is 2.70. The van der Waals surface area contributed by atoms with E-state index in [9.17, 15) is 0 Å². The molecule has 0 heterocycles. The predicted octanol–water partition coefficient (Wildman–Crippen LogP) is 9.82. The third-order valence-corrected chi connectivity index (χ3v) is 16.3. The summed E-state index contributed by atoms with van der Waals surface area (Å²) in [6.07, 6.45) is 10.2. The van der Waals surface area contributed by atoms with Crippen molar-refractivity contribution in [1.29, 1.82) is 0 Å². The lowest BCUT2D eigenvalue weighted by Gasteiger charge is -2.38. The van der Waals surface area contributed by atoms with Gasteiger partial charge in [0.1, 0.15) is 11.5 Å². The van der Waals surface area contributed by atoms with Crippen molar-refractivity contribution < 1.29 is 18.3 Å². The lowest BCUT2D eigenvalue weighted by atomic mass is 10.1. The average molecular weight is 537 g/mol. The van der Waals surface area contributed by atoms with Crippen LogP contribution in [0.15, 0.2) is 24.3 Å². The van der Waals surface area contributed by atoms with Crippen LogP contribution in [0, 0.1) is 0 Å². The van der Waals surface area contributed by atoms with E-state index in [1.807, 2.05) is 13.8 Å². The summed E-state index contributed by atoms with van der Waals surface area (Å²) in [7, 11) is -3.89. The maximum atomic E-state index is 6.68. The Labute approximate surface area is 225 Å². The highest BCUT2D eigenvalue weighted by molar-refractivity contribution is 6.75. The van der Waals surface area contributed by atoms with Gasteiger partial charge in [0.05, 0.1) is 0 Å². The standard InChI is InChI=1S/C30H56O4Si2/c1-13-31-25(2)32-21-19-17-15-14-16-18-20-26-22-27(33-35(9,10)29(3,4)5)24-28(23-26)34-36(11,12)30(6,7)8/h18,20,22-25H,13-17,19,21H2,1-12H3/b20-18+. The summed E-state index contributed by atoms with van der Waals surface area (Å²) in [5, 5.41) is 0.288. The summed E-state index contributed by atoms with van der Waals surface area (Å²) < 4.78 is 24.4. The molecular formula is C30H56O4Si2.